The van der Waals surface area contributed by atoms with Crippen LogP contribution < -0.4 is 0 Å². The number of Topliss-reactive ketones (excluding diaryl/α,β-unsaturated/α-hetero) is 2. The molecule has 0 aromatic heterocycles. The highest BCUT2D eigenvalue weighted by atomic mass is 16.5. The number of carbonyl (C=O) groups is 2. The van der Waals surface area contributed by atoms with E-state index in [1.54, 1.807) is 0 Å². The Bertz CT molecular complexity index is 739. The lowest BCUT2D eigenvalue weighted by Crippen LogP contribution is -2.50. The molecule has 4 heteroatoms. The van der Waals surface area contributed by atoms with E-state index in [0.717, 1.165) is 38.5 Å². The molecule has 0 aromatic carbocycles. The zero-order valence-corrected chi connectivity index (χ0v) is 29.5. The molecule has 1 aliphatic rings. The number of ether oxygens (including phenoxy) is 2. The minimum atomic E-state index is -0.446. The highest BCUT2D eigenvalue weighted by Crippen LogP contribution is 2.41. The fourth-order valence-electron chi connectivity index (χ4n) is 5.14. The summed E-state index contributed by atoms with van der Waals surface area (Å²) in [5.41, 5.74) is -1.65. The average Bonchev–Trinajstić information content (AvgIpc) is 2.80. The lowest BCUT2D eigenvalue weighted by atomic mass is 9.69. The van der Waals surface area contributed by atoms with Crippen molar-refractivity contribution in [3.05, 3.63) is 0 Å². The van der Waals surface area contributed by atoms with Crippen LogP contribution in [0.4, 0.5) is 0 Å². The summed E-state index contributed by atoms with van der Waals surface area (Å²) in [6, 6.07) is 0. The second kappa shape index (κ2) is 14.2. The Morgan fingerprint density at radius 2 is 0.750 bits per heavy atom. The number of carbonyl (C=O) groups excluding carboxylic acids is 2. The minimum Gasteiger partial charge on any atom is -0.364 e. The molecule has 1 rings (SSSR count). The molecular formula is C36H68O4. The third-order valence-electron chi connectivity index (χ3n) is 11.5. The van der Waals surface area contributed by atoms with Crippen LogP contribution >= 0.6 is 0 Å². The Balaban J connectivity index is 3.29. The fraction of sp³-hybridized carbons (Fsp3) is 0.944. The van der Waals surface area contributed by atoms with E-state index in [4.69, 9.17) is 9.47 Å². The lowest BCUT2D eigenvalue weighted by Gasteiger charge is -2.43. The Morgan fingerprint density at radius 3 is 0.950 bits per heavy atom. The molecule has 0 saturated heterocycles. The molecule has 0 spiro atoms. The van der Waals surface area contributed by atoms with Crippen LogP contribution in [0.15, 0.2) is 0 Å². The predicted molar refractivity (Wildman–Crippen MR) is 170 cm³/mol. The van der Waals surface area contributed by atoms with Gasteiger partial charge in [-0.15, -0.1) is 0 Å². The van der Waals surface area contributed by atoms with Crippen molar-refractivity contribution in [3.63, 3.8) is 0 Å². The maximum absolute atomic E-state index is 14.1. The van der Waals surface area contributed by atoms with E-state index in [1.807, 2.05) is 0 Å². The van der Waals surface area contributed by atoms with Gasteiger partial charge in [0.15, 0.2) is 11.6 Å². The third kappa shape index (κ3) is 9.13. The van der Waals surface area contributed by atoms with E-state index >= 15 is 0 Å². The number of hydrogen-bond acceptors (Lipinski definition) is 4. The van der Waals surface area contributed by atoms with Gasteiger partial charge in [-0.1, -0.05) is 95.9 Å². The lowest BCUT2D eigenvalue weighted by molar-refractivity contribution is -0.169. The summed E-state index contributed by atoms with van der Waals surface area (Å²) >= 11 is 0. The smallest absolute Gasteiger partial charge is 0.167 e. The first kappa shape index (κ1) is 37.3. The SMILES string of the molecule is CC(C)C(C)(C)OC(C(=O)C(C)(C)C(C)C)C1CCCC(C(OC(C)(C)C(C)C)C(=O)C(C)(C)C(C)C)CCC1. The monoisotopic (exact) mass is 565 g/mol. The van der Waals surface area contributed by atoms with Crippen LogP contribution in [0.1, 0.15) is 149 Å². The van der Waals surface area contributed by atoms with Crippen LogP contribution in [0, 0.1) is 46.3 Å². The van der Waals surface area contributed by atoms with Gasteiger partial charge < -0.3 is 9.47 Å². The summed E-state index contributed by atoms with van der Waals surface area (Å²) in [7, 11) is 0. The molecule has 1 aliphatic carbocycles. The maximum Gasteiger partial charge on any atom is 0.167 e. The second-order valence-electron chi connectivity index (χ2n) is 16.5. The van der Waals surface area contributed by atoms with Crippen LogP contribution in [0.2, 0.25) is 0 Å². The summed E-state index contributed by atoms with van der Waals surface area (Å²) in [5, 5.41) is 0. The van der Waals surface area contributed by atoms with Gasteiger partial charge in [0, 0.05) is 10.8 Å². The van der Waals surface area contributed by atoms with Crippen LogP contribution in [-0.2, 0) is 19.1 Å². The van der Waals surface area contributed by atoms with E-state index < -0.39 is 23.0 Å². The first-order chi connectivity index (χ1) is 18.0. The van der Waals surface area contributed by atoms with Gasteiger partial charge >= 0.3 is 0 Å². The van der Waals surface area contributed by atoms with Gasteiger partial charge in [-0.3, -0.25) is 9.59 Å². The molecule has 40 heavy (non-hydrogen) atoms. The van der Waals surface area contributed by atoms with Crippen LogP contribution in [0.3, 0.4) is 0 Å². The largest absolute Gasteiger partial charge is 0.364 e. The Kier molecular flexibility index (Phi) is 13.2. The highest BCUT2D eigenvalue weighted by molar-refractivity contribution is 5.89. The van der Waals surface area contributed by atoms with Gasteiger partial charge in [-0.05, 0) is 88.9 Å². The van der Waals surface area contributed by atoms with Crippen molar-refractivity contribution in [2.75, 3.05) is 0 Å². The normalized spacial score (nSPS) is 22.0. The molecule has 0 bridgehead atoms. The molecule has 0 N–H and O–H groups in total. The maximum atomic E-state index is 14.1. The summed E-state index contributed by atoms with van der Waals surface area (Å²) in [4.78, 5) is 28.1. The Labute approximate surface area is 249 Å². The molecule has 236 valence electrons. The molecule has 1 saturated carbocycles. The Morgan fingerprint density at radius 1 is 0.500 bits per heavy atom. The molecule has 2 unspecified atom stereocenters. The van der Waals surface area contributed by atoms with Crippen molar-refractivity contribution < 1.29 is 19.1 Å². The van der Waals surface area contributed by atoms with Gasteiger partial charge in [-0.2, -0.15) is 0 Å². The fourth-order valence-corrected chi connectivity index (χ4v) is 5.14. The summed E-state index contributed by atoms with van der Waals surface area (Å²) in [6.45, 7) is 34.1. The summed E-state index contributed by atoms with van der Waals surface area (Å²) < 4.78 is 13.6. The molecule has 0 radical (unpaired) electrons. The van der Waals surface area contributed by atoms with Gasteiger partial charge in [-0.25, -0.2) is 0 Å². The van der Waals surface area contributed by atoms with E-state index in [0.29, 0.717) is 11.8 Å². The molecule has 4 nitrogen and oxygen atoms in total. The number of rotatable bonds is 14. The van der Waals surface area contributed by atoms with E-state index in [1.165, 1.54) is 0 Å². The van der Waals surface area contributed by atoms with Crippen molar-refractivity contribution in [1.29, 1.82) is 0 Å². The standard InChI is InChI=1S/C36H68O4/c1-23(2)33(9,10)31(37)29(39-35(13,14)25(5)6)27-19-17-21-28(22-18-20-27)30(40-36(15,16)26(7)8)32(38)34(11,12)24(3)4/h23-30H,17-22H2,1-16H3. The van der Waals surface area contributed by atoms with Crippen molar-refractivity contribution >= 4 is 11.6 Å². The first-order valence-electron chi connectivity index (χ1n) is 16.4. The molecular weight excluding hydrogens is 496 g/mol. The van der Waals surface area contributed by atoms with Crippen molar-refractivity contribution in [1.82, 2.24) is 0 Å². The molecule has 0 aliphatic heterocycles. The van der Waals surface area contributed by atoms with E-state index in [2.05, 4.69) is 111 Å². The highest BCUT2D eigenvalue weighted by Gasteiger charge is 2.46. The van der Waals surface area contributed by atoms with E-state index in [9.17, 15) is 9.59 Å². The van der Waals surface area contributed by atoms with E-state index in [-0.39, 0.29) is 46.4 Å². The number of hydrogen-bond donors (Lipinski definition) is 0. The zero-order chi connectivity index (χ0) is 31.4. The molecule has 0 aromatic rings. The van der Waals surface area contributed by atoms with Crippen LogP contribution in [0.25, 0.3) is 0 Å². The first-order valence-corrected chi connectivity index (χ1v) is 16.4. The van der Waals surface area contributed by atoms with Gasteiger partial charge in [0.2, 0.25) is 0 Å². The van der Waals surface area contributed by atoms with Gasteiger partial charge in [0.1, 0.15) is 12.2 Å². The van der Waals surface area contributed by atoms with Crippen molar-refractivity contribution in [2.24, 2.45) is 46.3 Å². The molecule has 0 amide bonds. The second-order valence-corrected chi connectivity index (χ2v) is 16.5. The average molecular weight is 565 g/mol. The number of ketones is 2. The van der Waals surface area contributed by atoms with Gasteiger partial charge in [0.05, 0.1) is 11.2 Å². The zero-order valence-electron chi connectivity index (χ0n) is 29.5. The quantitative estimate of drug-likeness (QED) is 0.211. The van der Waals surface area contributed by atoms with Crippen LogP contribution in [0.5, 0.6) is 0 Å². The topological polar surface area (TPSA) is 52.6 Å². The van der Waals surface area contributed by atoms with Crippen molar-refractivity contribution in [2.45, 2.75) is 173 Å². The van der Waals surface area contributed by atoms with Crippen LogP contribution in [-0.4, -0.2) is 35.0 Å². The summed E-state index contributed by atoms with van der Waals surface area (Å²) in [5.74, 6) is 1.96. The Hall–Kier alpha value is -0.740. The predicted octanol–water partition coefficient (Wildman–Crippen LogP) is 9.72. The minimum absolute atomic E-state index is 0.193. The third-order valence-corrected chi connectivity index (χ3v) is 11.5. The van der Waals surface area contributed by atoms with Gasteiger partial charge in [0.25, 0.3) is 0 Å². The summed E-state index contributed by atoms with van der Waals surface area (Å²) in [6.07, 6.45) is 4.91. The van der Waals surface area contributed by atoms with Crippen molar-refractivity contribution in [3.8, 4) is 0 Å². The molecule has 1 fully saturated rings. The molecule has 0 heterocycles. The molecule has 2 atom stereocenters.